The van der Waals surface area contributed by atoms with Crippen molar-refractivity contribution in [1.82, 2.24) is 9.66 Å². The smallest absolute Gasteiger partial charge is 0.403 e. The Morgan fingerprint density at radius 2 is 1.87 bits per heavy atom. The molecule has 1 aromatic heterocycles. The van der Waals surface area contributed by atoms with E-state index in [4.69, 9.17) is 0 Å². The predicted octanol–water partition coefficient (Wildman–Crippen LogP) is 3.70. The van der Waals surface area contributed by atoms with Gasteiger partial charge in [-0.3, -0.25) is 15.0 Å². The van der Waals surface area contributed by atoms with Gasteiger partial charge in [0.05, 0.1) is 11.8 Å². The second kappa shape index (κ2) is 8.52. The Bertz CT molecular complexity index is 1130. The lowest BCUT2D eigenvalue weighted by atomic mass is 10.1. The van der Waals surface area contributed by atoms with Gasteiger partial charge in [0.2, 0.25) is 5.91 Å². The summed E-state index contributed by atoms with van der Waals surface area (Å²) >= 11 is 0. The van der Waals surface area contributed by atoms with Crippen molar-refractivity contribution in [2.24, 2.45) is 0 Å². The molecule has 1 amide bonds. The van der Waals surface area contributed by atoms with Gasteiger partial charge in [0.25, 0.3) is 5.56 Å². The molecule has 1 heterocycles. The Balaban J connectivity index is 2.00. The Kier molecular flexibility index (Phi) is 6.04. The number of rotatable bonds is 6. The Morgan fingerprint density at radius 3 is 2.50 bits per heavy atom. The van der Waals surface area contributed by atoms with Crippen LogP contribution in [0.1, 0.15) is 24.7 Å². The number of hydrogen-bond acceptors (Lipinski definition) is 4. The van der Waals surface area contributed by atoms with Gasteiger partial charge in [0.1, 0.15) is 17.2 Å². The summed E-state index contributed by atoms with van der Waals surface area (Å²) in [5.74, 6) is -1.53. The van der Waals surface area contributed by atoms with Crippen molar-refractivity contribution in [2.45, 2.75) is 32.5 Å². The number of para-hydroxylation sites is 1. The van der Waals surface area contributed by atoms with Crippen LogP contribution in [0, 0.1) is 5.82 Å². The van der Waals surface area contributed by atoms with Crippen LogP contribution < -0.4 is 15.7 Å². The minimum Gasteiger partial charge on any atom is -0.403 e. The highest BCUT2D eigenvalue weighted by atomic mass is 19.4. The molecule has 6 nitrogen and oxygen atoms in total. The first-order valence-corrected chi connectivity index (χ1v) is 9.02. The highest BCUT2D eigenvalue weighted by molar-refractivity contribution is 5.87. The SMILES string of the molecule is CCCc1nc2c(OC(F)(F)F)cccc2c(=O)n1NC(=O)Cc1ccc(F)cc1. The summed E-state index contributed by atoms with van der Waals surface area (Å²) < 4.78 is 56.0. The van der Waals surface area contributed by atoms with Gasteiger partial charge in [-0.05, 0) is 36.2 Å². The van der Waals surface area contributed by atoms with Crippen molar-refractivity contribution in [2.75, 3.05) is 5.43 Å². The number of carbonyl (C=O) groups is 1. The fraction of sp³-hybridized carbons (Fsp3) is 0.250. The average molecular weight is 423 g/mol. The third-order valence-electron chi connectivity index (χ3n) is 4.15. The second-order valence-corrected chi connectivity index (χ2v) is 6.46. The lowest BCUT2D eigenvalue weighted by Gasteiger charge is -2.16. The van der Waals surface area contributed by atoms with Crippen LogP contribution in [0.5, 0.6) is 5.75 Å². The van der Waals surface area contributed by atoms with Gasteiger partial charge < -0.3 is 4.74 Å². The van der Waals surface area contributed by atoms with E-state index >= 15 is 0 Å². The van der Waals surface area contributed by atoms with E-state index in [1.807, 2.05) is 0 Å². The second-order valence-electron chi connectivity index (χ2n) is 6.46. The monoisotopic (exact) mass is 423 g/mol. The van der Waals surface area contributed by atoms with Crippen molar-refractivity contribution >= 4 is 16.8 Å². The Hall–Kier alpha value is -3.43. The standard InChI is InChI=1S/C20H17F4N3O3/c1-2-4-16-25-18-14(5-3-6-15(18)30-20(22,23)24)19(29)27(16)26-17(28)11-12-7-9-13(21)10-8-12/h3,5-10H,2,4,11H2,1H3,(H,26,28). The zero-order valence-corrected chi connectivity index (χ0v) is 15.8. The minimum atomic E-state index is -4.95. The molecule has 0 radical (unpaired) electrons. The minimum absolute atomic E-state index is 0.0840. The van der Waals surface area contributed by atoms with Crippen molar-refractivity contribution < 1.29 is 27.1 Å². The molecule has 0 fully saturated rings. The molecule has 158 valence electrons. The number of aryl methyl sites for hydroxylation is 1. The van der Waals surface area contributed by atoms with Crippen molar-refractivity contribution in [3.63, 3.8) is 0 Å². The van der Waals surface area contributed by atoms with Gasteiger partial charge >= 0.3 is 6.36 Å². The first kappa shape index (κ1) is 21.3. The summed E-state index contributed by atoms with van der Waals surface area (Å²) in [5.41, 5.74) is 1.98. The lowest BCUT2D eigenvalue weighted by Crippen LogP contribution is -2.37. The summed E-state index contributed by atoms with van der Waals surface area (Å²) in [6, 6.07) is 8.88. The third kappa shape index (κ3) is 4.94. The van der Waals surface area contributed by atoms with Gasteiger partial charge in [0, 0.05) is 6.42 Å². The molecule has 0 aliphatic rings. The molecular formula is C20H17F4N3O3. The first-order valence-electron chi connectivity index (χ1n) is 9.02. The summed E-state index contributed by atoms with van der Waals surface area (Å²) in [6.07, 6.45) is -4.33. The van der Waals surface area contributed by atoms with Crippen LogP contribution >= 0.6 is 0 Å². The molecule has 0 saturated heterocycles. The quantitative estimate of drug-likeness (QED) is 0.614. The molecule has 0 bridgehead atoms. The van der Waals surface area contributed by atoms with Gasteiger partial charge in [-0.15, -0.1) is 13.2 Å². The van der Waals surface area contributed by atoms with E-state index in [0.717, 1.165) is 10.7 Å². The number of alkyl halides is 3. The molecule has 0 aliphatic carbocycles. The summed E-state index contributed by atoms with van der Waals surface area (Å²) in [7, 11) is 0. The largest absolute Gasteiger partial charge is 0.573 e. The molecule has 3 rings (SSSR count). The maximum atomic E-state index is 13.0. The summed E-state index contributed by atoms with van der Waals surface area (Å²) in [5, 5.41) is -0.140. The normalized spacial score (nSPS) is 11.5. The molecule has 0 unspecified atom stereocenters. The number of halogens is 4. The number of benzene rings is 2. The number of amides is 1. The van der Waals surface area contributed by atoms with Crippen LogP contribution in [0.4, 0.5) is 17.6 Å². The van der Waals surface area contributed by atoms with E-state index in [-0.39, 0.29) is 29.6 Å². The fourth-order valence-electron chi connectivity index (χ4n) is 2.89. The third-order valence-corrected chi connectivity index (χ3v) is 4.15. The summed E-state index contributed by atoms with van der Waals surface area (Å²) in [6.45, 7) is 1.79. The molecule has 0 aliphatic heterocycles. The lowest BCUT2D eigenvalue weighted by molar-refractivity contribution is -0.274. The van der Waals surface area contributed by atoms with Gasteiger partial charge in [-0.1, -0.05) is 25.1 Å². The molecule has 1 N–H and O–H groups in total. The van der Waals surface area contributed by atoms with E-state index in [9.17, 15) is 27.2 Å². The maximum absolute atomic E-state index is 13.0. The molecule has 3 aromatic rings. The van der Waals surface area contributed by atoms with Gasteiger partial charge in [-0.2, -0.15) is 0 Å². The van der Waals surface area contributed by atoms with Crippen LogP contribution in [0.25, 0.3) is 10.9 Å². The zero-order chi connectivity index (χ0) is 21.9. The molecule has 2 aromatic carbocycles. The topological polar surface area (TPSA) is 73.2 Å². The molecule has 10 heteroatoms. The van der Waals surface area contributed by atoms with Crippen LogP contribution in [0.15, 0.2) is 47.3 Å². The predicted molar refractivity (Wildman–Crippen MR) is 101 cm³/mol. The van der Waals surface area contributed by atoms with Crippen LogP contribution in [0.2, 0.25) is 0 Å². The van der Waals surface area contributed by atoms with Crippen molar-refractivity contribution in [3.05, 3.63) is 70.0 Å². The summed E-state index contributed by atoms with van der Waals surface area (Å²) in [4.78, 5) is 29.5. The van der Waals surface area contributed by atoms with Gasteiger partial charge in [0.15, 0.2) is 5.75 Å². The molecule has 0 saturated carbocycles. The van der Waals surface area contributed by atoms with E-state index in [2.05, 4.69) is 15.1 Å². The highest BCUT2D eigenvalue weighted by Gasteiger charge is 2.32. The molecule has 0 spiro atoms. The number of nitrogens with zero attached hydrogens (tertiary/aromatic N) is 2. The number of aromatic nitrogens is 2. The van der Waals surface area contributed by atoms with Crippen molar-refractivity contribution in [1.29, 1.82) is 0 Å². The fourth-order valence-corrected chi connectivity index (χ4v) is 2.89. The van der Waals surface area contributed by atoms with Crippen LogP contribution in [-0.2, 0) is 17.6 Å². The van der Waals surface area contributed by atoms with E-state index < -0.39 is 29.4 Å². The maximum Gasteiger partial charge on any atom is 0.573 e. The number of ether oxygens (including phenoxy) is 1. The molecular weight excluding hydrogens is 406 g/mol. The molecule has 30 heavy (non-hydrogen) atoms. The Morgan fingerprint density at radius 1 is 1.17 bits per heavy atom. The zero-order valence-electron chi connectivity index (χ0n) is 15.8. The molecule has 0 atom stereocenters. The first-order chi connectivity index (χ1) is 14.2. The van der Waals surface area contributed by atoms with Crippen LogP contribution in [0.3, 0.4) is 0 Å². The average Bonchev–Trinajstić information content (AvgIpc) is 2.66. The van der Waals surface area contributed by atoms with E-state index in [0.29, 0.717) is 12.0 Å². The van der Waals surface area contributed by atoms with Crippen molar-refractivity contribution in [3.8, 4) is 5.75 Å². The van der Waals surface area contributed by atoms with E-state index in [1.165, 1.54) is 36.4 Å². The Labute approximate surface area is 168 Å². The number of nitrogens with one attached hydrogen (secondary N) is 1. The highest BCUT2D eigenvalue weighted by Crippen LogP contribution is 2.28. The number of hydrogen-bond donors (Lipinski definition) is 1. The number of fused-ring (bicyclic) bond motifs is 1. The van der Waals surface area contributed by atoms with Crippen LogP contribution in [-0.4, -0.2) is 21.9 Å². The number of carbonyl (C=O) groups excluding carboxylic acids is 1. The van der Waals surface area contributed by atoms with Gasteiger partial charge in [-0.25, -0.2) is 14.1 Å². The van der Waals surface area contributed by atoms with E-state index in [1.54, 1.807) is 6.92 Å².